The van der Waals surface area contributed by atoms with Crippen molar-refractivity contribution in [2.45, 2.75) is 31.2 Å². The van der Waals surface area contributed by atoms with Crippen LogP contribution in [0.3, 0.4) is 0 Å². The molecule has 2 aromatic heterocycles. The van der Waals surface area contributed by atoms with Crippen LogP contribution in [-0.2, 0) is 21.0 Å². The number of benzene rings is 1. The molecular formula is C21H22Cl2N6O6S. The van der Waals surface area contributed by atoms with Gasteiger partial charge in [0, 0.05) is 18.3 Å². The van der Waals surface area contributed by atoms with Gasteiger partial charge in [-0.3, -0.25) is 13.7 Å². The van der Waals surface area contributed by atoms with Gasteiger partial charge in [0.1, 0.15) is 23.9 Å². The molecule has 0 amide bonds. The van der Waals surface area contributed by atoms with Crippen LogP contribution in [0.4, 0.5) is 5.82 Å². The molecule has 4 rings (SSSR count). The molecule has 3 aromatic rings. The van der Waals surface area contributed by atoms with Gasteiger partial charge in [-0.2, -0.15) is 13.5 Å². The Bertz CT molecular complexity index is 1370. The Balaban J connectivity index is 1.47. The van der Waals surface area contributed by atoms with E-state index in [0.29, 0.717) is 16.6 Å². The van der Waals surface area contributed by atoms with Crippen molar-refractivity contribution >= 4 is 45.1 Å². The Hall–Kier alpha value is -2.65. The van der Waals surface area contributed by atoms with Crippen molar-refractivity contribution in [2.75, 3.05) is 11.9 Å². The number of nitrogens with two attached hydrogens (primary N) is 1. The molecule has 0 unspecified atom stereocenters. The molecule has 192 valence electrons. The Kier molecular flexibility index (Phi) is 7.90. The molecule has 1 saturated carbocycles. The predicted octanol–water partition coefficient (Wildman–Crippen LogP) is 1.00. The maximum atomic E-state index is 13.2. The SMILES string of the molecule is NS(=O)(=O)OC[C@H]1C[C@@H](Nc2ncncc2C(=O)c2ccn(Cc3ccc(Cl)c(Cl)c3)n2)[C@H](O)[C@@H]1O. The van der Waals surface area contributed by atoms with Gasteiger partial charge in [-0.15, -0.1) is 0 Å². The third-order valence-electron chi connectivity index (χ3n) is 5.73. The molecule has 0 radical (unpaired) electrons. The average Bonchev–Trinajstić information content (AvgIpc) is 3.40. The van der Waals surface area contributed by atoms with Crippen molar-refractivity contribution in [3.63, 3.8) is 0 Å². The lowest BCUT2D eigenvalue weighted by Crippen LogP contribution is -2.36. The van der Waals surface area contributed by atoms with Crippen LogP contribution in [0.2, 0.25) is 10.0 Å². The number of carbonyl (C=O) groups is 1. The first-order chi connectivity index (χ1) is 17.0. The number of halogens is 2. The fourth-order valence-electron chi connectivity index (χ4n) is 3.94. The molecule has 1 fully saturated rings. The lowest BCUT2D eigenvalue weighted by Gasteiger charge is -2.19. The number of anilines is 1. The van der Waals surface area contributed by atoms with Crippen LogP contribution in [0.1, 0.15) is 28.0 Å². The second-order valence-corrected chi connectivity index (χ2v) is 10.3. The summed E-state index contributed by atoms with van der Waals surface area (Å²) in [5.41, 5.74) is 1.08. The van der Waals surface area contributed by atoms with Crippen LogP contribution in [0, 0.1) is 5.92 Å². The van der Waals surface area contributed by atoms with Crippen molar-refractivity contribution in [3.05, 3.63) is 69.9 Å². The van der Waals surface area contributed by atoms with Crippen LogP contribution in [0.15, 0.2) is 43.0 Å². The minimum Gasteiger partial charge on any atom is -0.390 e. The summed E-state index contributed by atoms with van der Waals surface area (Å²) in [5.74, 6) is -1.06. The summed E-state index contributed by atoms with van der Waals surface area (Å²) in [5, 5.41) is 33.7. The topological polar surface area (TPSA) is 183 Å². The van der Waals surface area contributed by atoms with E-state index in [4.69, 9.17) is 28.3 Å². The number of hydrogen-bond acceptors (Lipinski definition) is 10. The third-order valence-corrected chi connectivity index (χ3v) is 6.93. The van der Waals surface area contributed by atoms with E-state index in [1.54, 1.807) is 35.1 Å². The van der Waals surface area contributed by atoms with Gasteiger partial charge < -0.3 is 15.5 Å². The summed E-state index contributed by atoms with van der Waals surface area (Å²) in [6.45, 7) is -0.0459. The Labute approximate surface area is 216 Å². The van der Waals surface area contributed by atoms with Crippen molar-refractivity contribution < 1.29 is 27.6 Å². The zero-order valence-corrected chi connectivity index (χ0v) is 20.9. The summed E-state index contributed by atoms with van der Waals surface area (Å²) in [4.78, 5) is 21.2. The Morgan fingerprint density at radius 3 is 2.72 bits per heavy atom. The van der Waals surface area contributed by atoms with Crippen LogP contribution >= 0.6 is 23.2 Å². The van der Waals surface area contributed by atoms with Gasteiger partial charge >= 0.3 is 10.3 Å². The highest BCUT2D eigenvalue weighted by molar-refractivity contribution is 7.84. The summed E-state index contributed by atoms with van der Waals surface area (Å²) >= 11 is 12.0. The molecule has 1 aromatic carbocycles. The Morgan fingerprint density at radius 2 is 2.00 bits per heavy atom. The zero-order chi connectivity index (χ0) is 26.0. The molecule has 4 atom stereocenters. The lowest BCUT2D eigenvalue weighted by atomic mass is 10.1. The van der Waals surface area contributed by atoms with Gasteiger partial charge in [-0.25, -0.2) is 15.1 Å². The number of nitrogens with one attached hydrogen (secondary N) is 1. The van der Waals surface area contributed by atoms with E-state index < -0.39 is 46.9 Å². The van der Waals surface area contributed by atoms with Gasteiger partial charge in [0.25, 0.3) is 0 Å². The van der Waals surface area contributed by atoms with E-state index in [0.717, 1.165) is 5.56 Å². The van der Waals surface area contributed by atoms with Gasteiger partial charge in [0.05, 0.1) is 40.9 Å². The van der Waals surface area contributed by atoms with E-state index in [-0.39, 0.29) is 23.5 Å². The average molecular weight is 557 g/mol. The minimum absolute atomic E-state index is 0.100. The van der Waals surface area contributed by atoms with Crippen molar-refractivity contribution in [3.8, 4) is 0 Å². The number of aromatic nitrogens is 4. The predicted molar refractivity (Wildman–Crippen MR) is 130 cm³/mol. The highest BCUT2D eigenvalue weighted by Gasteiger charge is 2.42. The maximum Gasteiger partial charge on any atom is 0.333 e. The molecule has 0 aliphatic heterocycles. The highest BCUT2D eigenvalue weighted by Crippen LogP contribution is 2.30. The largest absolute Gasteiger partial charge is 0.390 e. The van der Waals surface area contributed by atoms with Crippen LogP contribution in [0.25, 0.3) is 0 Å². The molecule has 36 heavy (non-hydrogen) atoms. The zero-order valence-electron chi connectivity index (χ0n) is 18.5. The van der Waals surface area contributed by atoms with Gasteiger partial charge in [0.2, 0.25) is 5.78 Å². The lowest BCUT2D eigenvalue weighted by molar-refractivity contribution is 0.00778. The fraction of sp³-hybridized carbons (Fsp3) is 0.333. The van der Waals surface area contributed by atoms with E-state index in [9.17, 15) is 23.4 Å². The fourth-order valence-corrected chi connectivity index (χ4v) is 4.62. The third kappa shape index (κ3) is 6.18. The van der Waals surface area contributed by atoms with Gasteiger partial charge in [-0.1, -0.05) is 29.3 Å². The minimum atomic E-state index is -4.20. The van der Waals surface area contributed by atoms with E-state index >= 15 is 0 Å². The molecule has 12 nitrogen and oxygen atoms in total. The number of aliphatic hydroxyl groups is 2. The number of aliphatic hydroxyl groups excluding tert-OH is 2. The first kappa shape index (κ1) is 26.4. The second kappa shape index (κ2) is 10.8. The normalized spacial score (nSPS) is 22.0. The number of rotatable bonds is 9. The number of carbonyl (C=O) groups excluding carboxylic acids is 1. The molecule has 0 bridgehead atoms. The number of nitrogens with zero attached hydrogens (tertiary/aromatic N) is 4. The number of ketones is 1. The first-order valence-corrected chi connectivity index (χ1v) is 12.9. The molecular weight excluding hydrogens is 535 g/mol. The summed E-state index contributed by atoms with van der Waals surface area (Å²) in [7, 11) is -4.20. The van der Waals surface area contributed by atoms with Crippen molar-refractivity contribution in [2.24, 2.45) is 11.1 Å². The molecule has 2 heterocycles. The van der Waals surface area contributed by atoms with Crippen LogP contribution in [-0.4, -0.2) is 69.0 Å². The summed E-state index contributed by atoms with van der Waals surface area (Å²) in [6.07, 6.45) is 1.76. The first-order valence-electron chi connectivity index (χ1n) is 10.6. The molecule has 0 spiro atoms. The van der Waals surface area contributed by atoms with Gasteiger partial charge in [-0.05, 0) is 30.2 Å². The van der Waals surface area contributed by atoms with Crippen molar-refractivity contribution in [1.82, 2.24) is 19.7 Å². The standard InChI is InChI=1S/C21H22Cl2N6O6S/c22-14-2-1-11(5-15(14)23)8-29-4-3-16(28-29)19(31)13-7-25-10-26-21(13)27-17-6-12(18(30)20(17)32)9-35-36(24,33)34/h1-5,7,10,12,17-18,20,30,32H,6,8-9H2,(H2,24,33,34)(H,25,26,27)/t12-,17-,18-,20+/m1/s1. The summed E-state index contributed by atoms with van der Waals surface area (Å²) < 4.78 is 28.2. The smallest absolute Gasteiger partial charge is 0.333 e. The maximum absolute atomic E-state index is 13.2. The van der Waals surface area contributed by atoms with Crippen LogP contribution in [0.5, 0.6) is 0 Å². The molecule has 0 saturated heterocycles. The molecule has 1 aliphatic carbocycles. The van der Waals surface area contributed by atoms with Crippen LogP contribution < -0.4 is 10.5 Å². The Morgan fingerprint density at radius 1 is 1.22 bits per heavy atom. The van der Waals surface area contributed by atoms with Crippen molar-refractivity contribution in [1.29, 1.82) is 0 Å². The number of hydrogen-bond donors (Lipinski definition) is 4. The van der Waals surface area contributed by atoms with E-state index in [1.165, 1.54) is 12.5 Å². The van der Waals surface area contributed by atoms with Gasteiger partial charge in [0.15, 0.2) is 0 Å². The highest BCUT2D eigenvalue weighted by atomic mass is 35.5. The molecule has 5 N–H and O–H groups in total. The van der Waals surface area contributed by atoms with E-state index in [1.807, 2.05) is 0 Å². The summed E-state index contributed by atoms with van der Waals surface area (Å²) in [6, 6.07) is 5.98. The second-order valence-electron chi connectivity index (χ2n) is 8.27. The molecule has 1 aliphatic rings. The monoisotopic (exact) mass is 556 g/mol. The molecule has 15 heteroatoms. The van der Waals surface area contributed by atoms with E-state index in [2.05, 4.69) is 24.6 Å². The quantitative estimate of drug-likeness (QED) is 0.277.